The van der Waals surface area contributed by atoms with Gasteiger partial charge in [-0.1, -0.05) is 19.9 Å². The first-order valence-corrected chi connectivity index (χ1v) is 9.33. The number of piperidine rings is 1. The molecular weight excluding hydrogens is 330 g/mol. The molecular formula is C19H29N5O2. The molecule has 4 N–H and O–H groups in total. The molecule has 2 saturated heterocycles. The summed E-state index contributed by atoms with van der Waals surface area (Å²) in [5.74, 6) is 0.345. The molecule has 0 aromatic heterocycles. The lowest BCUT2D eigenvalue weighted by Crippen LogP contribution is -2.52. The van der Waals surface area contributed by atoms with Crippen LogP contribution >= 0.6 is 0 Å². The highest BCUT2D eigenvalue weighted by Gasteiger charge is 2.28. The molecule has 1 aromatic carbocycles. The summed E-state index contributed by atoms with van der Waals surface area (Å²) in [5, 5.41) is 17.1. The van der Waals surface area contributed by atoms with E-state index in [-0.39, 0.29) is 24.7 Å². The molecule has 3 rings (SSSR count). The standard InChI is InChI=1S/C17H23N5O2.C2H6/c1-19-14-10-12(11-4-7-20-8-5-11)2-3-13(14)16(18)22-9-6-15(23)21-17(22)24;1-2/h2-3,10-11,18-20H,4-9H2,1H3,(H,21,23,24);1-2H3. The molecule has 0 radical (unpaired) electrons. The molecule has 0 bridgehead atoms. The van der Waals surface area contributed by atoms with Crippen molar-refractivity contribution in [2.24, 2.45) is 0 Å². The average Bonchev–Trinajstić information content (AvgIpc) is 2.69. The normalized spacial score (nSPS) is 17.9. The molecule has 7 heteroatoms. The summed E-state index contributed by atoms with van der Waals surface area (Å²) in [4.78, 5) is 24.5. The second-order valence-corrected chi connectivity index (χ2v) is 6.18. The van der Waals surface area contributed by atoms with Crippen molar-refractivity contribution in [1.29, 1.82) is 5.41 Å². The van der Waals surface area contributed by atoms with Crippen LogP contribution in [-0.2, 0) is 4.79 Å². The Morgan fingerprint density at radius 2 is 1.92 bits per heavy atom. The number of nitrogens with one attached hydrogen (secondary N) is 4. The molecule has 0 saturated carbocycles. The highest BCUT2D eigenvalue weighted by molar-refractivity contribution is 6.12. The number of carbonyl (C=O) groups excluding carboxylic acids is 2. The van der Waals surface area contributed by atoms with Crippen molar-refractivity contribution < 1.29 is 9.59 Å². The van der Waals surface area contributed by atoms with Gasteiger partial charge in [-0.3, -0.25) is 20.4 Å². The Kier molecular flexibility index (Phi) is 7.15. The van der Waals surface area contributed by atoms with Crippen LogP contribution in [0.4, 0.5) is 10.5 Å². The first-order chi connectivity index (χ1) is 12.6. The molecule has 3 amide bonds. The van der Waals surface area contributed by atoms with Crippen LogP contribution in [0.3, 0.4) is 0 Å². The summed E-state index contributed by atoms with van der Waals surface area (Å²) in [6.45, 7) is 6.29. The van der Waals surface area contributed by atoms with Gasteiger partial charge in [0, 0.05) is 31.3 Å². The first-order valence-electron chi connectivity index (χ1n) is 9.33. The zero-order chi connectivity index (χ0) is 19.1. The van der Waals surface area contributed by atoms with E-state index in [0.29, 0.717) is 11.5 Å². The van der Waals surface area contributed by atoms with Gasteiger partial charge in [-0.2, -0.15) is 0 Å². The fourth-order valence-corrected chi connectivity index (χ4v) is 3.31. The highest BCUT2D eigenvalue weighted by Crippen LogP contribution is 2.29. The number of amidine groups is 1. The second kappa shape index (κ2) is 9.33. The number of urea groups is 1. The fourth-order valence-electron chi connectivity index (χ4n) is 3.31. The van der Waals surface area contributed by atoms with Crippen LogP contribution in [0.25, 0.3) is 0 Å². The van der Waals surface area contributed by atoms with Crippen LogP contribution in [0.15, 0.2) is 18.2 Å². The van der Waals surface area contributed by atoms with Gasteiger partial charge in [0.1, 0.15) is 5.84 Å². The summed E-state index contributed by atoms with van der Waals surface area (Å²) in [6.07, 6.45) is 2.43. The third-order valence-corrected chi connectivity index (χ3v) is 4.70. The first kappa shape index (κ1) is 19.9. The lowest BCUT2D eigenvalue weighted by Gasteiger charge is -2.28. The predicted molar refractivity (Wildman–Crippen MR) is 104 cm³/mol. The maximum atomic E-state index is 12.0. The molecule has 2 heterocycles. The molecule has 2 aliphatic heterocycles. The van der Waals surface area contributed by atoms with Gasteiger partial charge in [-0.15, -0.1) is 0 Å². The Hall–Kier alpha value is -2.41. The van der Waals surface area contributed by atoms with Crippen LogP contribution < -0.4 is 16.0 Å². The molecule has 26 heavy (non-hydrogen) atoms. The topological polar surface area (TPSA) is 97.3 Å². The molecule has 0 aliphatic carbocycles. The monoisotopic (exact) mass is 359 g/mol. The van der Waals surface area contributed by atoms with Gasteiger partial charge in [0.15, 0.2) is 0 Å². The van der Waals surface area contributed by atoms with Gasteiger partial charge >= 0.3 is 6.03 Å². The van der Waals surface area contributed by atoms with Crippen molar-refractivity contribution in [2.75, 3.05) is 32.0 Å². The van der Waals surface area contributed by atoms with E-state index >= 15 is 0 Å². The molecule has 0 spiro atoms. The van der Waals surface area contributed by atoms with Crippen LogP contribution in [0.1, 0.15) is 50.2 Å². The zero-order valence-electron chi connectivity index (χ0n) is 15.8. The summed E-state index contributed by atoms with van der Waals surface area (Å²) < 4.78 is 0. The van der Waals surface area contributed by atoms with Crippen LogP contribution in [0.5, 0.6) is 0 Å². The minimum absolute atomic E-state index is 0.112. The zero-order valence-corrected chi connectivity index (χ0v) is 15.8. The quantitative estimate of drug-likeness (QED) is 0.492. The van der Waals surface area contributed by atoms with Gasteiger partial charge < -0.3 is 10.6 Å². The Balaban J connectivity index is 0.00000117. The predicted octanol–water partition coefficient (Wildman–Crippen LogP) is 2.49. The van der Waals surface area contributed by atoms with Crippen molar-refractivity contribution in [2.45, 2.75) is 39.0 Å². The number of amides is 3. The number of carbonyl (C=O) groups is 2. The summed E-state index contributed by atoms with van der Waals surface area (Å²) in [5.41, 5.74) is 2.76. The van der Waals surface area contributed by atoms with E-state index in [1.165, 1.54) is 10.5 Å². The van der Waals surface area contributed by atoms with E-state index in [4.69, 9.17) is 5.41 Å². The van der Waals surface area contributed by atoms with Crippen molar-refractivity contribution in [3.05, 3.63) is 29.3 Å². The summed E-state index contributed by atoms with van der Waals surface area (Å²) in [6, 6.07) is 5.50. The van der Waals surface area contributed by atoms with Crippen LogP contribution in [0, 0.1) is 5.41 Å². The second-order valence-electron chi connectivity index (χ2n) is 6.18. The number of hydrogen-bond acceptors (Lipinski definition) is 5. The highest BCUT2D eigenvalue weighted by atomic mass is 16.2. The number of rotatable bonds is 3. The Bertz CT molecular complexity index is 668. The lowest BCUT2D eigenvalue weighted by atomic mass is 9.89. The van der Waals surface area contributed by atoms with E-state index in [2.05, 4.69) is 22.0 Å². The van der Waals surface area contributed by atoms with Gasteiger partial charge in [0.25, 0.3) is 0 Å². The number of nitrogens with zero attached hydrogens (tertiary/aromatic N) is 1. The maximum absolute atomic E-state index is 12.0. The van der Waals surface area contributed by atoms with E-state index in [9.17, 15) is 9.59 Å². The van der Waals surface area contributed by atoms with Gasteiger partial charge in [-0.25, -0.2) is 4.79 Å². The maximum Gasteiger partial charge on any atom is 0.329 e. The third kappa shape index (κ3) is 4.40. The van der Waals surface area contributed by atoms with Gasteiger partial charge in [0.2, 0.25) is 5.91 Å². The molecule has 1 aromatic rings. The molecule has 142 valence electrons. The Morgan fingerprint density at radius 1 is 1.23 bits per heavy atom. The summed E-state index contributed by atoms with van der Waals surface area (Å²) in [7, 11) is 1.82. The Morgan fingerprint density at radius 3 is 2.54 bits per heavy atom. The van der Waals surface area contributed by atoms with Crippen molar-refractivity contribution in [3.63, 3.8) is 0 Å². The number of imide groups is 1. The van der Waals surface area contributed by atoms with E-state index in [1.54, 1.807) is 0 Å². The van der Waals surface area contributed by atoms with Crippen molar-refractivity contribution >= 4 is 23.5 Å². The molecule has 2 fully saturated rings. The van der Waals surface area contributed by atoms with E-state index in [1.807, 2.05) is 33.0 Å². The molecule has 0 unspecified atom stereocenters. The van der Waals surface area contributed by atoms with Crippen LogP contribution in [0.2, 0.25) is 0 Å². The minimum atomic E-state index is -0.527. The number of benzene rings is 1. The third-order valence-electron chi connectivity index (χ3n) is 4.70. The van der Waals surface area contributed by atoms with Gasteiger partial charge in [-0.05, 0) is 49.5 Å². The number of hydrogen-bond donors (Lipinski definition) is 4. The minimum Gasteiger partial charge on any atom is -0.388 e. The molecule has 2 aliphatic rings. The Labute approximate surface area is 155 Å². The molecule has 0 atom stereocenters. The summed E-state index contributed by atoms with van der Waals surface area (Å²) >= 11 is 0. The average molecular weight is 359 g/mol. The molecule has 7 nitrogen and oxygen atoms in total. The SMILES string of the molecule is CC.CNc1cc(C2CCNCC2)ccc1C(=N)N1CCC(=O)NC1=O. The van der Waals surface area contributed by atoms with E-state index < -0.39 is 6.03 Å². The van der Waals surface area contributed by atoms with Gasteiger partial charge in [0.05, 0.1) is 0 Å². The van der Waals surface area contributed by atoms with Crippen LogP contribution in [-0.4, -0.2) is 49.4 Å². The van der Waals surface area contributed by atoms with Crippen molar-refractivity contribution in [3.8, 4) is 0 Å². The lowest BCUT2D eigenvalue weighted by molar-refractivity contribution is -0.121. The van der Waals surface area contributed by atoms with E-state index in [0.717, 1.165) is 31.6 Å². The fraction of sp³-hybridized carbons (Fsp3) is 0.526. The van der Waals surface area contributed by atoms with Crippen molar-refractivity contribution in [1.82, 2.24) is 15.5 Å². The smallest absolute Gasteiger partial charge is 0.329 e. The largest absolute Gasteiger partial charge is 0.388 e. The number of anilines is 1.